The maximum atomic E-state index is 14.4. The van der Waals surface area contributed by atoms with Crippen molar-refractivity contribution in [3.8, 4) is 5.75 Å². The molecule has 2 heterocycles. The van der Waals surface area contributed by atoms with Crippen molar-refractivity contribution in [1.82, 2.24) is 10.3 Å². The zero-order valence-electron chi connectivity index (χ0n) is 12.1. The Morgan fingerprint density at radius 3 is 3.10 bits per heavy atom. The fourth-order valence-corrected chi connectivity index (χ4v) is 3.04. The fraction of sp³-hybridized carbons (Fsp3) is 0.500. The van der Waals surface area contributed by atoms with Gasteiger partial charge in [-0.15, -0.1) is 0 Å². The Labute approximate surface area is 118 Å². The van der Waals surface area contributed by atoms with Crippen LogP contribution in [0.5, 0.6) is 5.75 Å². The van der Waals surface area contributed by atoms with Gasteiger partial charge in [-0.05, 0) is 44.8 Å². The summed E-state index contributed by atoms with van der Waals surface area (Å²) in [5.41, 5.74) is 3.89. The van der Waals surface area contributed by atoms with Crippen molar-refractivity contribution in [1.29, 1.82) is 0 Å². The number of nitrogens with one attached hydrogen (secondary N) is 2. The molecule has 20 heavy (non-hydrogen) atoms. The van der Waals surface area contributed by atoms with Crippen LogP contribution in [0.1, 0.15) is 30.0 Å². The highest BCUT2D eigenvalue weighted by Crippen LogP contribution is 2.38. The SMILES string of the molecule is CCNCCc1c[nH]c2c(C)c(F)c3c(c12)CCCO3. The Bertz CT molecular complexity index is 633. The third kappa shape index (κ3) is 2.08. The van der Waals surface area contributed by atoms with Gasteiger partial charge in [0, 0.05) is 22.7 Å². The molecule has 2 aromatic rings. The summed E-state index contributed by atoms with van der Waals surface area (Å²) >= 11 is 0. The van der Waals surface area contributed by atoms with Crippen LogP contribution in [0.25, 0.3) is 10.9 Å². The lowest BCUT2D eigenvalue weighted by atomic mass is 9.95. The third-order valence-corrected chi connectivity index (χ3v) is 4.08. The van der Waals surface area contributed by atoms with Crippen molar-refractivity contribution in [2.75, 3.05) is 19.7 Å². The van der Waals surface area contributed by atoms with Crippen LogP contribution in [0, 0.1) is 12.7 Å². The van der Waals surface area contributed by atoms with E-state index < -0.39 is 0 Å². The summed E-state index contributed by atoms with van der Waals surface area (Å²) in [5.74, 6) is 0.276. The minimum absolute atomic E-state index is 0.202. The van der Waals surface area contributed by atoms with Gasteiger partial charge in [0.05, 0.1) is 12.1 Å². The maximum absolute atomic E-state index is 14.4. The molecule has 0 saturated heterocycles. The van der Waals surface area contributed by atoms with Crippen LogP contribution >= 0.6 is 0 Å². The molecule has 0 spiro atoms. The van der Waals surface area contributed by atoms with Crippen LogP contribution in [0.4, 0.5) is 4.39 Å². The number of ether oxygens (including phenoxy) is 1. The molecule has 3 rings (SSSR count). The Morgan fingerprint density at radius 1 is 1.45 bits per heavy atom. The van der Waals surface area contributed by atoms with Gasteiger partial charge in [0.1, 0.15) is 0 Å². The van der Waals surface area contributed by atoms with Gasteiger partial charge >= 0.3 is 0 Å². The first-order chi connectivity index (χ1) is 9.74. The van der Waals surface area contributed by atoms with E-state index in [1.54, 1.807) is 0 Å². The number of fused-ring (bicyclic) bond motifs is 3. The van der Waals surface area contributed by atoms with E-state index in [1.807, 2.05) is 13.1 Å². The topological polar surface area (TPSA) is 37.0 Å². The zero-order chi connectivity index (χ0) is 14.1. The van der Waals surface area contributed by atoms with Crippen molar-refractivity contribution in [2.24, 2.45) is 0 Å². The van der Waals surface area contributed by atoms with E-state index in [9.17, 15) is 4.39 Å². The van der Waals surface area contributed by atoms with Crippen LogP contribution in [0.2, 0.25) is 0 Å². The number of aromatic nitrogens is 1. The van der Waals surface area contributed by atoms with Gasteiger partial charge in [0.25, 0.3) is 0 Å². The molecule has 1 aromatic carbocycles. The summed E-state index contributed by atoms with van der Waals surface area (Å²) < 4.78 is 20.0. The van der Waals surface area contributed by atoms with E-state index >= 15 is 0 Å². The van der Waals surface area contributed by atoms with E-state index in [0.717, 1.165) is 43.4 Å². The van der Waals surface area contributed by atoms with E-state index in [4.69, 9.17) is 4.74 Å². The van der Waals surface area contributed by atoms with E-state index in [2.05, 4.69) is 17.2 Å². The van der Waals surface area contributed by atoms with E-state index in [1.165, 1.54) is 10.9 Å². The molecule has 0 unspecified atom stereocenters. The predicted molar refractivity (Wildman–Crippen MR) is 79.1 cm³/mol. The number of H-pyrrole nitrogens is 1. The Morgan fingerprint density at radius 2 is 2.30 bits per heavy atom. The molecular weight excluding hydrogens is 255 g/mol. The molecule has 0 amide bonds. The summed E-state index contributed by atoms with van der Waals surface area (Å²) in [6.45, 7) is 6.45. The van der Waals surface area contributed by atoms with Crippen LogP contribution in [-0.4, -0.2) is 24.7 Å². The van der Waals surface area contributed by atoms with Gasteiger partial charge in [-0.3, -0.25) is 0 Å². The lowest BCUT2D eigenvalue weighted by molar-refractivity contribution is 0.274. The quantitative estimate of drug-likeness (QED) is 0.842. The minimum atomic E-state index is -0.202. The summed E-state index contributed by atoms with van der Waals surface area (Å²) in [4.78, 5) is 3.25. The number of rotatable bonds is 4. The third-order valence-electron chi connectivity index (χ3n) is 4.08. The Hall–Kier alpha value is -1.55. The molecular formula is C16H21FN2O. The van der Waals surface area contributed by atoms with Gasteiger partial charge < -0.3 is 15.0 Å². The van der Waals surface area contributed by atoms with Crippen molar-refractivity contribution in [3.05, 3.63) is 28.7 Å². The lowest BCUT2D eigenvalue weighted by Gasteiger charge is -2.20. The standard InChI is InChI=1S/C16H21FN2O/c1-3-18-7-6-11-9-19-15-10(2)14(17)16-12(13(11)15)5-4-8-20-16/h9,18-19H,3-8H2,1-2H3. The largest absolute Gasteiger partial charge is 0.490 e. The number of likely N-dealkylation sites (N-methyl/N-ethyl adjacent to an activating group) is 1. The molecule has 0 radical (unpaired) electrons. The second-order valence-electron chi connectivity index (χ2n) is 5.37. The molecule has 2 N–H and O–H groups in total. The first-order valence-corrected chi connectivity index (χ1v) is 7.38. The monoisotopic (exact) mass is 276 g/mol. The molecule has 0 aliphatic carbocycles. The van der Waals surface area contributed by atoms with Gasteiger partial charge in [0.2, 0.25) is 0 Å². The molecule has 0 saturated carbocycles. The first kappa shape index (κ1) is 13.4. The zero-order valence-corrected chi connectivity index (χ0v) is 12.1. The summed E-state index contributed by atoms with van der Waals surface area (Å²) in [6, 6.07) is 0. The molecule has 0 atom stereocenters. The average molecular weight is 276 g/mol. The van der Waals surface area contributed by atoms with Crippen LogP contribution in [0.3, 0.4) is 0 Å². The highest BCUT2D eigenvalue weighted by Gasteiger charge is 2.23. The summed E-state index contributed by atoms with van der Waals surface area (Å²) in [7, 11) is 0. The van der Waals surface area contributed by atoms with Crippen molar-refractivity contribution in [2.45, 2.75) is 33.1 Å². The number of aryl methyl sites for hydroxylation is 2. The van der Waals surface area contributed by atoms with Gasteiger partial charge in [-0.1, -0.05) is 6.92 Å². The highest BCUT2D eigenvalue weighted by molar-refractivity contribution is 5.91. The minimum Gasteiger partial charge on any atom is -0.490 e. The normalized spacial score (nSPS) is 14.3. The number of hydrogen-bond acceptors (Lipinski definition) is 2. The van der Waals surface area contributed by atoms with Gasteiger partial charge in [0.15, 0.2) is 11.6 Å². The first-order valence-electron chi connectivity index (χ1n) is 7.38. The summed E-state index contributed by atoms with van der Waals surface area (Å²) in [5, 5.41) is 4.52. The van der Waals surface area contributed by atoms with Crippen molar-refractivity contribution >= 4 is 10.9 Å². The molecule has 1 aliphatic rings. The van der Waals surface area contributed by atoms with Crippen molar-refractivity contribution in [3.63, 3.8) is 0 Å². The molecule has 1 aliphatic heterocycles. The fourth-order valence-electron chi connectivity index (χ4n) is 3.04. The van der Waals surface area contributed by atoms with Crippen LogP contribution < -0.4 is 10.1 Å². The maximum Gasteiger partial charge on any atom is 0.170 e. The highest BCUT2D eigenvalue weighted by atomic mass is 19.1. The van der Waals surface area contributed by atoms with Crippen molar-refractivity contribution < 1.29 is 9.13 Å². The Balaban J connectivity index is 2.12. The molecule has 4 heteroatoms. The molecule has 1 aromatic heterocycles. The predicted octanol–water partition coefficient (Wildman–Crippen LogP) is 3.09. The second-order valence-corrected chi connectivity index (χ2v) is 5.37. The Kier molecular flexibility index (Phi) is 3.66. The molecule has 0 fully saturated rings. The average Bonchev–Trinajstić information content (AvgIpc) is 2.89. The molecule has 108 valence electrons. The number of hydrogen-bond donors (Lipinski definition) is 2. The smallest absolute Gasteiger partial charge is 0.170 e. The lowest BCUT2D eigenvalue weighted by Crippen LogP contribution is -2.16. The van der Waals surface area contributed by atoms with Crippen LogP contribution in [0.15, 0.2) is 6.20 Å². The summed E-state index contributed by atoms with van der Waals surface area (Å²) in [6.07, 6.45) is 4.83. The number of benzene rings is 1. The number of halogens is 1. The van der Waals surface area contributed by atoms with Gasteiger partial charge in [-0.25, -0.2) is 4.39 Å². The van der Waals surface area contributed by atoms with E-state index in [0.29, 0.717) is 17.9 Å². The van der Waals surface area contributed by atoms with Crippen LogP contribution in [-0.2, 0) is 12.8 Å². The number of aromatic amines is 1. The second kappa shape index (κ2) is 5.44. The molecule has 3 nitrogen and oxygen atoms in total. The van der Waals surface area contributed by atoms with E-state index in [-0.39, 0.29) is 5.82 Å². The van der Waals surface area contributed by atoms with Gasteiger partial charge in [-0.2, -0.15) is 0 Å². The molecule has 0 bridgehead atoms.